The van der Waals surface area contributed by atoms with E-state index in [0.29, 0.717) is 6.54 Å². The molecule has 1 rings (SSSR count). The molecule has 0 spiro atoms. The van der Waals surface area contributed by atoms with Gasteiger partial charge in [0, 0.05) is 12.6 Å². The van der Waals surface area contributed by atoms with Gasteiger partial charge in [0.05, 0.1) is 0 Å². The van der Waals surface area contributed by atoms with Gasteiger partial charge in [-0.3, -0.25) is 0 Å². The number of rotatable bonds is 4. The number of nitrogens with one attached hydrogen (secondary N) is 1. The third-order valence-electron chi connectivity index (χ3n) is 3.52. The van der Waals surface area contributed by atoms with Gasteiger partial charge < -0.3 is 15.8 Å². The smallest absolute Gasteiger partial charge is 0.407 e. The number of hydrogen-bond donors (Lipinski definition) is 2. The molecule has 1 aliphatic rings. The molecule has 112 valence electrons. The maximum atomic E-state index is 11.5. The van der Waals surface area contributed by atoms with Gasteiger partial charge >= 0.3 is 6.09 Å². The molecule has 1 amide bonds. The van der Waals surface area contributed by atoms with Crippen LogP contribution in [0.5, 0.6) is 0 Å². The second-order valence-corrected chi connectivity index (χ2v) is 6.74. The zero-order chi connectivity index (χ0) is 14.3. The Balaban J connectivity index is 2.19. The van der Waals surface area contributed by atoms with E-state index in [1.807, 2.05) is 20.8 Å². The molecule has 1 atom stereocenters. The van der Waals surface area contributed by atoms with Crippen LogP contribution in [0, 0.1) is 5.92 Å². The van der Waals surface area contributed by atoms with Crippen LogP contribution < -0.4 is 11.1 Å². The van der Waals surface area contributed by atoms with E-state index >= 15 is 0 Å². The largest absolute Gasteiger partial charge is 0.444 e. The van der Waals surface area contributed by atoms with E-state index in [9.17, 15) is 4.79 Å². The molecule has 0 aromatic heterocycles. The van der Waals surface area contributed by atoms with Crippen molar-refractivity contribution in [1.29, 1.82) is 0 Å². The summed E-state index contributed by atoms with van der Waals surface area (Å²) in [6, 6.07) is 0.0376. The Bertz CT molecular complexity index is 266. The molecule has 0 saturated heterocycles. The van der Waals surface area contributed by atoms with E-state index < -0.39 is 5.60 Å². The number of hydrogen-bond acceptors (Lipinski definition) is 3. The first-order valence-corrected chi connectivity index (χ1v) is 7.59. The average molecular weight is 270 g/mol. The first-order valence-electron chi connectivity index (χ1n) is 7.59. The van der Waals surface area contributed by atoms with E-state index in [4.69, 9.17) is 10.5 Å². The van der Waals surface area contributed by atoms with Crippen molar-refractivity contribution in [3.05, 3.63) is 0 Å². The maximum absolute atomic E-state index is 11.5. The van der Waals surface area contributed by atoms with Crippen LogP contribution >= 0.6 is 0 Å². The van der Waals surface area contributed by atoms with Crippen molar-refractivity contribution in [3.8, 4) is 0 Å². The molecule has 0 heterocycles. The summed E-state index contributed by atoms with van der Waals surface area (Å²) >= 11 is 0. The summed E-state index contributed by atoms with van der Waals surface area (Å²) in [6.07, 6.45) is 8.61. The van der Waals surface area contributed by atoms with Gasteiger partial charge in [-0.15, -0.1) is 0 Å². The molecule has 19 heavy (non-hydrogen) atoms. The van der Waals surface area contributed by atoms with Gasteiger partial charge in [-0.25, -0.2) is 4.79 Å². The summed E-state index contributed by atoms with van der Waals surface area (Å²) in [4.78, 5) is 11.5. The van der Waals surface area contributed by atoms with Crippen molar-refractivity contribution in [2.75, 3.05) is 6.54 Å². The fraction of sp³-hybridized carbons (Fsp3) is 0.933. The predicted octanol–water partition coefficient (Wildman–Crippen LogP) is 3.20. The van der Waals surface area contributed by atoms with E-state index in [2.05, 4.69) is 5.32 Å². The van der Waals surface area contributed by atoms with E-state index in [1.54, 1.807) is 0 Å². The molecule has 0 aliphatic heterocycles. The van der Waals surface area contributed by atoms with Gasteiger partial charge in [0.25, 0.3) is 0 Å². The molecule has 1 saturated carbocycles. The lowest BCUT2D eigenvalue weighted by Crippen LogP contribution is -2.40. The number of ether oxygens (including phenoxy) is 1. The summed E-state index contributed by atoms with van der Waals surface area (Å²) in [5.41, 5.74) is 5.65. The van der Waals surface area contributed by atoms with E-state index in [-0.39, 0.29) is 12.1 Å². The molecule has 1 aliphatic carbocycles. The molecule has 3 N–H and O–H groups in total. The van der Waals surface area contributed by atoms with Crippen LogP contribution in [0.1, 0.15) is 65.7 Å². The van der Waals surface area contributed by atoms with Crippen LogP contribution in [0.4, 0.5) is 4.79 Å². The van der Waals surface area contributed by atoms with Crippen LogP contribution in [0.15, 0.2) is 0 Å². The van der Waals surface area contributed by atoms with Gasteiger partial charge in [-0.2, -0.15) is 0 Å². The lowest BCUT2D eigenvalue weighted by Gasteiger charge is -2.22. The van der Waals surface area contributed by atoms with Crippen molar-refractivity contribution in [1.82, 2.24) is 5.32 Å². The van der Waals surface area contributed by atoms with Gasteiger partial charge in [-0.05, 0) is 33.1 Å². The molecule has 0 aromatic rings. The minimum atomic E-state index is -0.449. The van der Waals surface area contributed by atoms with Gasteiger partial charge in [-0.1, -0.05) is 38.5 Å². The first kappa shape index (κ1) is 16.3. The van der Waals surface area contributed by atoms with Gasteiger partial charge in [0.1, 0.15) is 5.60 Å². The Labute approximate surface area is 117 Å². The Morgan fingerprint density at radius 3 is 2.37 bits per heavy atom. The molecule has 0 radical (unpaired) electrons. The van der Waals surface area contributed by atoms with Crippen molar-refractivity contribution < 1.29 is 9.53 Å². The highest BCUT2D eigenvalue weighted by atomic mass is 16.6. The standard InChI is InChI=1S/C15H30N2O2/c1-15(2,3)19-14(18)17-11-13(16)10-12-8-6-4-5-7-9-12/h12-13H,4-11,16H2,1-3H3,(H,17,18). The lowest BCUT2D eigenvalue weighted by molar-refractivity contribution is 0.0523. The van der Waals surface area contributed by atoms with Crippen molar-refractivity contribution in [2.24, 2.45) is 11.7 Å². The van der Waals surface area contributed by atoms with Crippen LogP contribution in [0.3, 0.4) is 0 Å². The minimum Gasteiger partial charge on any atom is -0.444 e. The molecule has 0 aromatic carbocycles. The third kappa shape index (κ3) is 8.09. The minimum absolute atomic E-state index is 0.0376. The Hall–Kier alpha value is -0.770. The molecule has 4 nitrogen and oxygen atoms in total. The quantitative estimate of drug-likeness (QED) is 0.771. The zero-order valence-corrected chi connectivity index (χ0v) is 12.7. The number of alkyl carbamates (subject to hydrolysis) is 1. The van der Waals surface area contributed by atoms with Crippen LogP contribution in [0.25, 0.3) is 0 Å². The second-order valence-electron chi connectivity index (χ2n) is 6.74. The van der Waals surface area contributed by atoms with Crippen LogP contribution in [-0.2, 0) is 4.74 Å². The topological polar surface area (TPSA) is 64.3 Å². The van der Waals surface area contributed by atoms with Gasteiger partial charge in [0.15, 0.2) is 0 Å². The molecule has 0 bridgehead atoms. The number of carbonyl (C=O) groups excluding carboxylic acids is 1. The van der Waals surface area contributed by atoms with Crippen LogP contribution in [-0.4, -0.2) is 24.3 Å². The highest BCUT2D eigenvalue weighted by Crippen LogP contribution is 2.25. The molecular weight excluding hydrogens is 240 g/mol. The fourth-order valence-corrected chi connectivity index (χ4v) is 2.64. The van der Waals surface area contributed by atoms with E-state index in [1.165, 1.54) is 38.5 Å². The summed E-state index contributed by atoms with van der Waals surface area (Å²) < 4.78 is 5.19. The summed E-state index contributed by atoms with van der Waals surface area (Å²) in [5, 5.41) is 2.76. The first-order chi connectivity index (χ1) is 8.87. The number of amides is 1. The Morgan fingerprint density at radius 1 is 1.26 bits per heavy atom. The molecule has 1 unspecified atom stereocenters. The number of carbonyl (C=O) groups is 1. The molecule has 1 fully saturated rings. The van der Waals surface area contributed by atoms with Crippen molar-refractivity contribution in [2.45, 2.75) is 77.4 Å². The molecular formula is C15H30N2O2. The monoisotopic (exact) mass is 270 g/mol. The fourth-order valence-electron chi connectivity index (χ4n) is 2.64. The van der Waals surface area contributed by atoms with Crippen molar-refractivity contribution >= 4 is 6.09 Å². The Kier molecular flexibility index (Phi) is 6.63. The summed E-state index contributed by atoms with van der Waals surface area (Å²) in [5.74, 6) is 0.734. The summed E-state index contributed by atoms with van der Waals surface area (Å²) in [6.45, 7) is 6.08. The summed E-state index contributed by atoms with van der Waals surface area (Å²) in [7, 11) is 0. The SMILES string of the molecule is CC(C)(C)OC(=O)NCC(N)CC1CCCCCC1. The highest BCUT2D eigenvalue weighted by molar-refractivity contribution is 5.67. The second kappa shape index (κ2) is 7.73. The average Bonchev–Trinajstić information content (AvgIpc) is 2.53. The maximum Gasteiger partial charge on any atom is 0.407 e. The normalized spacial score (nSPS) is 19.6. The van der Waals surface area contributed by atoms with Crippen molar-refractivity contribution in [3.63, 3.8) is 0 Å². The molecule has 4 heteroatoms. The van der Waals surface area contributed by atoms with Gasteiger partial charge in [0.2, 0.25) is 0 Å². The van der Waals surface area contributed by atoms with E-state index in [0.717, 1.165) is 12.3 Å². The zero-order valence-electron chi connectivity index (χ0n) is 12.7. The predicted molar refractivity (Wildman–Crippen MR) is 78.0 cm³/mol. The Morgan fingerprint density at radius 2 is 1.84 bits per heavy atom. The van der Waals surface area contributed by atoms with Crippen LogP contribution in [0.2, 0.25) is 0 Å². The lowest BCUT2D eigenvalue weighted by atomic mass is 9.93. The third-order valence-corrected chi connectivity index (χ3v) is 3.52. The highest BCUT2D eigenvalue weighted by Gasteiger charge is 2.18. The number of nitrogens with two attached hydrogens (primary N) is 1.